The molecule has 0 saturated carbocycles. The average molecular weight is 384 g/mol. The molecule has 0 unspecified atom stereocenters. The first kappa shape index (κ1) is 19.1. The van der Waals surface area contributed by atoms with Crippen LogP contribution in [0.15, 0.2) is 41.3 Å². The summed E-state index contributed by atoms with van der Waals surface area (Å²) in [6.45, 7) is 3.68. The third-order valence-corrected chi connectivity index (χ3v) is 5.07. The molecule has 0 heterocycles. The normalized spacial score (nSPS) is 11.0. The van der Waals surface area contributed by atoms with Gasteiger partial charge < -0.3 is 9.47 Å². The third-order valence-electron chi connectivity index (χ3n) is 3.42. The summed E-state index contributed by atoms with van der Waals surface area (Å²) in [7, 11) is -2.39. The standard InChI is InChI=1S/C17H18ClNO5S/c1-4-24-17(20)12-5-7-15(11(2)9-12)19-25(21,22)13-6-8-16(23-3)14(18)10-13/h5-10,19H,4H2,1-3H3. The number of hydrogen-bond donors (Lipinski definition) is 1. The highest BCUT2D eigenvalue weighted by Crippen LogP contribution is 2.28. The molecule has 0 aromatic heterocycles. The van der Waals surface area contributed by atoms with Gasteiger partial charge in [-0.15, -0.1) is 0 Å². The molecule has 0 spiro atoms. The minimum Gasteiger partial charge on any atom is -0.495 e. The second kappa shape index (κ2) is 7.76. The monoisotopic (exact) mass is 383 g/mol. The Kier molecular flexibility index (Phi) is 5.92. The van der Waals surface area contributed by atoms with Gasteiger partial charge in [-0.05, 0) is 55.8 Å². The van der Waals surface area contributed by atoms with Crippen LogP contribution in [0.3, 0.4) is 0 Å². The maximum absolute atomic E-state index is 12.5. The van der Waals surface area contributed by atoms with E-state index in [1.165, 1.54) is 37.4 Å². The fraction of sp³-hybridized carbons (Fsp3) is 0.235. The van der Waals surface area contributed by atoms with E-state index in [0.29, 0.717) is 22.6 Å². The number of carbonyl (C=O) groups is 1. The van der Waals surface area contributed by atoms with Crippen LogP contribution in [0.2, 0.25) is 5.02 Å². The quantitative estimate of drug-likeness (QED) is 0.770. The van der Waals surface area contributed by atoms with Crippen molar-refractivity contribution in [1.29, 1.82) is 0 Å². The van der Waals surface area contributed by atoms with Gasteiger partial charge in [0.05, 0.1) is 34.9 Å². The molecule has 2 aromatic carbocycles. The van der Waals surface area contributed by atoms with Crippen LogP contribution in [0.1, 0.15) is 22.8 Å². The first-order valence-corrected chi connectivity index (χ1v) is 9.28. The Morgan fingerprint density at radius 1 is 1.20 bits per heavy atom. The van der Waals surface area contributed by atoms with E-state index in [1.54, 1.807) is 19.9 Å². The maximum Gasteiger partial charge on any atom is 0.338 e. The molecule has 0 atom stereocenters. The van der Waals surface area contributed by atoms with Crippen molar-refractivity contribution in [2.24, 2.45) is 0 Å². The Morgan fingerprint density at radius 2 is 1.92 bits per heavy atom. The predicted octanol–water partition coefficient (Wildman–Crippen LogP) is 3.63. The maximum atomic E-state index is 12.5. The molecule has 0 aliphatic heterocycles. The largest absolute Gasteiger partial charge is 0.495 e. The van der Waals surface area contributed by atoms with E-state index in [9.17, 15) is 13.2 Å². The molecule has 2 rings (SSSR count). The number of sulfonamides is 1. The van der Waals surface area contributed by atoms with Gasteiger partial charge >= 0.3 is 5.97 Å². The topological polar surface area (TPSA) is 81.7 Å². The first-order chi connectivity index (χ1) is 11.8. The van der Waals surface area contributed by atoms with Crippen LogP contribution in [0.5, 0.6) is 5.75 Å². The van der Waals surface area contributed by atoms with Gasteiger partial charge in [0.2, 0.25) is 0 Å². The van der Waals surface area contributed by atoms with Gasteiger partial charge in [-0.2, -0.15) is 0 Å². The van der Waals surface area contributed by atoms with Crippen LogP contribution < -0.4 is 9.46 Å². The summed E-state index contributed by atoms with van der Waals surface area (Å²) >= 11 is 5.99. The number of ether oxygens (including phenoxy) is 2. The zero-order valence-electron chi connectivity index (χ0n) is 14.0. The lowest BCUT2D eigenvalue weighted by atomic mass is 10.1. The summed E-state index contributed by atoms with van der Waals surface area (Å²) in [4.78, 5) is 11.7. The van der Waals surface area contributed by atoms with Gasteiger partial charge in [0.1, 0.15) is 5.75 Å². The van der Waals surface area contributed by atoms with E-state index < -0.39 is 16.0 Å². The Morgan fingerprint density at radius 3 is 2.48 bits per heavy atom. The molecule has 0 bridgehead atoms. The summed E-state index contributed by atoms with van der Waals surface area (Å²) in [6, 6.07) is 8.78. The van der Waals surface area contributed by atoms with Crippen molar-refractivity contribution < 1.29 is 22.7 Å². The minimum atomic E-state index is -3.83. The lowest BCUT2D eigenvalue weighted by Crippen LogP contribution is -2.14. The molecule has 0 fully saturated rings. The summed E-state index contributed by atoms with van der Waals surface area (Å²) in [5.74, 6) is -0.0717. The number of carbonyl (C=O) groups excluding carboxylic acids is 1. The fourth-order valence-electron chi connectivity index (χ4n) is 2.14. The number of anilines is 1. The molecule has 8 heteroatoms. The lowest BCUT2D eigenvalue weighted by Gasteiger charge is -2.12. The van der Waals surface area contributed by atoms with Crippen LogP contribution in [0.4, 0.5) is 5.69 Å². The third kappa shape index (κ3) is 4.43. The molecule has 134 valence electrons. The van der Waals surface area contributed by atoms with Gasteiger partial charge in [0, 0.05) is 0 Å². The lowest BCUT2D eigenvalue weighted by molar-refractivity contribution is 0.0526. The zero-order chi connectivity index (χ0) is 18.6. The van der Waals surface area contributed by atoms with Crippen LogP contribution >= 0.6 is 11.6 Å². The number of methoxy groups -OCH3 is 1. The smallest absolute Gasteiger partial charge is 0.338 e. The number of hydrogen-bond acceptors (Lipinski definition) is 5. The molecule has 6 nitrogen and oxygen atoms in total. The van der Waals surface area contributed by atoms with E-state index in [0.717, 1.165) is 0 Å². The Labute approximate surface area is 151 Å². The second-order valence-electron chi connectivity index (χ2n) is 5.15. The molecular weight excluding hydrogens is 366 g/mol. The van der Waals surface area contributed by atoms with Crippen molar-refractivity contribution in [3.8, 4) is 5.75 Å². The van der Waals surface area contributed by atoms with E-state index in [1.807, 2.05) is 0 Å². The van der Waals surface area contributed by atoms with Gasteiger partial charge in [-0.25, -0.2) is 13.2 Å². The van der Waals surface area contributed by atoms with Crippen molar-refractivity contribution in [2.75, 3.05) is 18.4 Å². The number of aryl methyl sites for hydroxylation is 1. The van der Waals surface area contributed by atoms with Crippen molar-refractivity contribution in [1.82, 2.24) is 0 Å². The number of esters is 1. The van der Waals surface area contributed by atoms with Gasteiger partial charge in [-0.3, -0.25) is 4.72 Å². The average Bonchev–Trinajstić information content (AvgIpc) is 2.56. The van der Waals surface area contributed by atoms with Crippen molar-refractivity contribution in [3.63, 3.8) is 0 Å². The summed E-state index contributed by atoms with van der Waals surface area (Å²) in [5.41, 5.74) is 1.31. The van der Waals surface area contributed by atoms with Crippen LogP contribution in [0, 0.1) is 6.92 Å². The van der Waals surface area contributed by atoms with E-state index >= 15 is 0 Å². The molecular formula is C17H18ClNO5S. The molecule has 0 radical (unpaired) electrons. The number of halogens is 1. The fourth-order valence-corrected chi connectivity index (χ4v) is 3.62. The van der Waals surface area contributed by atoms with Crippen LogP contribution in [0.25, 0.3) is 0 Å². The molecule has 0 aliphatic carbocycles. The van der Waals surface area contributed by atoms with E-state index in [-0.39, 0.29) is 16.5 Å². The van der Waals surface area contributed by atoms with E-state index in [4.69, 9.17) is 21.1 Å². The first-order valence-electron chi connectivity index (χ1n) is 7.42. The van der Waals surface area contributed by atoms with Crippen LogP contribution in [-0.4, -0.2) is 28.1 Å². The molecule has 0 saturated heterocycles. The summed E-state index contributed by atoms with van der Waals surface area (Å²) in [6.07, 6.45) is 0. The predicted molar refractivity (Wildman–Crippen MR) is 95.9 cm³/mol. The number of benzene rings is 2. The van der Waals surface area contributed by atoms with Gasteiger partial charge in [0.15, 0.2) is 0 Å². The highest BCUT2D eigenvalue weighted by Gasteiger charge is 2.18. The molecule has 0 amide bonds. The SMILES string of the molecule is CCOC(=O)c1ccc(NS(=O)(=O)c2ccc(OC)c(Cl)c2)c(C)c1. The van der Waals surface area contributed by atoms with Gasteiger partial charge in [0.25, 0.3) is 10.0 Å². The number of nitrogens with one attached hydrogen (secondary N) is 1. The van der Waals surface area contributed by atoms with Crippen molar-refractivity contribution in [3.05, 3.63) is 52.5 Å². The van der Waals surface area contributed by atoms with Gasteiger partial charge in [-0.1, -0.05) is 11.6 Å². The Bertz CT molecular complexity index is 896. The minimum absolute atomic E-state index is 0.00664. The molecule has 0 aliphatic rings. The van der Waals surface area contributed by atoms with E-state index in [2.05, 4.69) is 4.72 Å². The Balaban J connectivity index is 2.29. The molecule has 2 aromatic rings. The Hall–Kier alpha value is -2.25. The zero-order valence-corrected chi connectivity index (χ0v) is 15.6. The highest BCUT2D eigenvalue weighted by atomic mass is 35.5. The van der Waals surface area contributed by atoms with Crippen LogP contribution in [-0.2, 0) is 14.8 Å². The van der Waals surface area contributed by atoms with Crippen molar-refractivity contribution in [2.45, 2.75) is 18.7 Å². The molecule has 25 heavy (non-hydrogen) atoms. The summed E-state index contributed by atoms with van der Waals surface area (Å²) in [5, 5.41) is 0.194. The molecule has 1 N–H and O–H groups in total. The van der Waals surface area contributed by atoms with Crippen molar-refractivity contribution >= 4 is 33.3 Å². The second-order valence-corrected chi connectivity index (χ2v) is 7.24. The highest BCUT2D eigenvalue weighted by molar-refractivity contribution is 7.92. The number of rotatable bonds is 6. The summed E-state index contributed by atoms with van der Waals surface area (Å²) < 4.78 is 37.5.